The molecule has 21 heavy (non-hydrogen) atoms. The number of anilines is 1. The summed E-state index contributed by atoms with van der Waals surface area (Å²) in [6.45, 7) is 4.78. The molecule has 1 N–H and O–H groups in total. The molecule has 1 aromatic carbocycles. The minimum atomic E-state index is 0.684. The summed E-state index contributed by atoms with van der Waals surface area (Å²) in [6.07, 6.45) is 4.63. The summed E-state index contributed by atoms with van der Waals surface area (Å²) in [4.78, 5) is 9.94. The van der Waals surface area contributed by atoms with Crippen LogP contribution in [0.3, 0.4) is 0 Å². The number of aryl methyl sites for hydroxylation is 2. The van der Waals surface area contributed by atoms with Gasteiger partial charge in [0.05, 0.1) is 11.6 Å². The normalized spacial score (nSPS) is 10.8. The van der Waals surface area contributed by atoms with Gasteiger partial charge in [-0.3, -0.25) is 0 Å². The van der Waals surface area contributed by atoms with E-state index in [1.165, 1.54) is 9.88 Å². The largest absolute Gasteiger partial charge is 0.449 e. The first-order chi connectivity index (χ1) is 10.2. The van der Waals surface area contributed by atoms with Gasteiger partial charge in [-0.1, -0.05) is 19.1 Å². The van der Waals surface area contributed by atoms with Gasteiger partial charge in [-0.2, -0.15) is 0 Å². The standard InChI is InChI=1S/C16H17N3OS/c1-3-16-18-9-14(21-16)8-17-13-6-4-12(5-7-13)15-10-20-11(2)19-15/h4-7,9-10,17H,3,8H2,1-2H3. The lowest BCUT2D eigenvalue weighted by Crippen LogP contribution is -1.96. The van der Waals surface area contributed by atoms with E-state index in [0.717, 1.165) is 29.9 Å². The van der Waals surface area contributed by atoms with Crippen molar-refractivity contribution in [3.63, 3.8) is 0 Å². The third-order valence-corrected chi connectivity index (χ3v) is 4.31. The maximum absolute atomic E-state index is 5.24. The van der Waals surface area contributed by atoms with E-state index in [1.54, 1.807) is 17.6 Å². The highest BCUT2D eigenvalue weighted by Gasteiger charge is 2.04. The van der Waals surface area contributed by atoms with Gasteiger partial charge in [0.1, 0.15) is 12.0 Å². The molecular weight excluding hydrogens is 282 g/mol. The van der Waals surface area contributed by atoms with Crippen molar-refractivity contribution < 1.29 is 4.42 Å². The molecule has 3 rings (SSSR count). The highest BCUT2D eigenvalue weighted by atomic mass is 32.1. The molecule has 0 amide bonds. The van der Waals surface area contributed by atoms with E-state index in [9.17, 15) is 0 Å². The lowest BCUT2D eigenvalue weighted by molar-refractivity contribution is 0.521. The van der Waals surface area contributed by atoms with Crippen molar-refractivity contribution in [2.75, 3.05) is 5.32 Å². The van der Waals surface area contributed by atoms with E-state index >= 15 is 0 Å². The van der Waals surface area contributed by atoms with Crippen LogP contribution in [0, 0.1) is 6.92 Å². The van der Waals surface area contributed by atoms with Crippen LogP contribution in [0.2, 0.25) is 0 Å². The summed E-state index contributed by atoms with van der Waals surface area (Å²) in [7, 11) is 0. The van der Waals surface area contributed by atoms with Gasteiger partial charge in [0.15, 0.2) is 5.89 Å². The molecule has 0 aliphatic rings. The van der Waals surface area contributed by atoms with Crippen molar-refractivity contribution in [3.05, 3.63) is 52.5 Å². The molecule has 0 saturated carbocycles. The molecule has 4 nitrogen and oxygen atoms in total. The Morgan fingerprint density at radius 1 is 1.24 bits per heavy atom. The Morgan fingerprint density at radius 2 is 2.05 bits per heavy atom. The van der Waals surface area contributed by atoms with Gasteiger partial charge in [-0.25, -0.2) is 9.97 Å². The average Bonchev–Trinajstić information content (AvgIpc) is 3.14. The third-order valence-electron chi connectivity index (χ3n) is 3.17. The fourth-order valence-electron chi connectivity index (χ4n) is 2.04. The maximum Gasteiger partial charge on any atom is 0.191 e. The molecule has 5 heteroatoms. The summed E-state index contributed by atoms with van der Waals surface area (Å²) in [5, 5.41) is 4.59. The molecule has 0 saturated heterocycles. The van der Waals surface area contributed by atoms with E-state index in [-0.39, 0.29) is 0 Å². The second kappa shape index (κ2) is 6.10. The van der Waals surface area contributed by atoms with E-state index in [4.69, 9.17) is 4.42 Å². The number of benzene rings is 1. The SMILES string of the molecule is CCc1ncc(CNc2ccc(-c3coc(C)n3)cc2)s1. The highest BCUT2D eigenvalue weighted by molar-refractivity contribution is 7.11. The predicted molar refractivity (Wildman–Crippen MR) is 85.5 cm³/mol. The molecule has 0 atom stereocenters. The first-order valence-corrected chi connectivity index (χ1v) is 7.76. The number of oxazole rings is 1. The van der Waals surface area contributed by atoms with Crippen LogP contribution in [0.4, 0.5) is 5.69 Å². The zero-order chi connectivity index (χ0) is 14.7. The van der Waals surface area contributed by atoms with Crippen LogP contribution < -0.4 is 5.32 Å². The first-order valence-electron chi connectivity index (χ1n) is 6.94. The predicted octanol–water partition coefficient (Wildman–Crippen LogP) is 4.28. The number of aromatic nitrogens is 2. The fourth-order valence-corrected chi connectivity index (χ4v) is 2.84. The van der Waals surface area contributed by atoms with Crippen LogP contribution in [-0.2, 0) is 13.0 Å². The molecule has 2 heterocycles. The van der Waals surface area contributed by atoms with Crippen molar-refractivity contribution in [1.29, 1.82) is 0 Å². The summed E-state index contributed by atoms with van der Waals surface area (Å²) >= 11 is 1.76. The van der Waals surface area contributed by atoms with E-state index in [0.29, 0.717) is 5.89 Å². The van der Waals surface area contributed by atoms with E-state index < -0.39 is 0 Å². The van der Waals surface area contributed by atoms with Crippen molar-refractivity contribution >= 4 is 17.0 Å². The average molecular weight is 299 g/mol. The third kappa shape index (κ3) is 3.31. The Labute approximate surface area is 127 Å². The van der Waals surface area contributed by atoms with Gasteiger partial charge in [0, 0.05) is 29.2 Å². The molecule has 2 aromatic heterocycles. The van der Waals surface area contributed by atoms with Crippen LogP contribution in [0.15, 0.2) is 41.1 Å². The molecule has 0 fully saturated rings. The Morgan fingerprint density at radius 3 is 2.67 bits per heavy atom. The highest BCUT2D eigenvalue weighted by Crippen LogP contribution is 2.21. The molecule has 0 bridgehead atoms. The van der Waals surface area contributed by atoms with Crippen LogP contribution in [-0.4, -0.2) is 9.97 Å². The van der Waals surface area contributed by atoms with Gasteiger partial charge >= 0.3 is 0 Å². The quantitative estimate of drug-likeness (QED) is 0.764. The van der Waals surface area contributed by atoms with Gasteiger partial charge in [0.25, 0.3) is 0 Å². The number of nitrogens with one attached hydrogen (secondary N) is 1. The van der Waals surface area contributed by atoms with Crippen molar-refractivity contribution in [3.8, 4) is 11.3 Å². The minimum Gasteiger partial charge on any atom is -0.449 e. The summed E-state index contributed by atoms with van der Waals surface area (Å²) in [5.74, 6) is 0.684. The summed E-state index contributed by atoms with van der Waals surface area (Å²) < 4.78 is 5.24. The number of thiazole rings is 1. The molecular formula is C16H17N3OS. The molecule has 0 spiro atoms. The van der Waals surface area contributed by atoms with Crippen LogP contribution in [0.5, 0.6) is 0 Å². The number of hydrogen-bond donors (Lipinski definition) is 1. The minimum absolute atomic E-state index is 0.684. The topological polar surface area (TPSA) is 51.0 Å². The Kier molecular flexibility index (Phi) is 4.01. The van der Waals surface area contributed by atoms with Gasteiger partial charge in [-0.05, 0) is 18.6 Å². The van der Waals surface area contributed by atoms with Crippen molar-refractivity contribution in [1.82, 2.24) is 9.97 Å². The van der Waals surface area contributed by atoms with Crippen LogP contribution in [0.25, 0.3) is 11.3 Å². The van der Waals surface area contributed by atoms with Crippen molar-refractivity contribution in [2.24, 2.45) is 0 Å². The zero-order valence-electron chi connectivity index (χ0n) is 12.1. The maximum atomic E-state index is 5.24. The lowest BCUT2D eigenvalue weighted by Gasteiger charge is -2.05. The molecule has 0 aliphatic carbocycles. The van der Waals surface area contributed by atoms with Gasteiger partial charge in [0.2, 0.25) is 0 Å². The second-order valence-electron chi connectivity index (χ2n) is 4.76. The van der Waals surface area contributed by atoms with E-state index in [2.05, 4.69) is 34.3 Å². The zero-order valence-corrected chi connectivity index (χ0v) is 12.9. The Hall–Kier alpha value is -2.14. The van der Waals surface area contributed by atoms with Crippen LogP contribution >= 0.6 is 11.3 Å². The molecule has 108 valence electrons. The monoisotopic (exact) mass is 299 g/mol. The van der Waals surface area contributed by atoms with Gasteiger partial charge in [-0.15, -0.1) is 11.3 Å². The summed E-state index contributed by atoms with van der Waals surface area (Å²) in [6, 6.07) is 8.20. The lowest BCUT2D eigenvalue weighted by atomic mass is 10.1. The number of nitrogens with zero attached hydrogens (tertiary/aromatic N) is 2. The molecule has 0 radical (unpaired) electrons. The second-order valence-corrected chi connectivity index (χ2v) is 5.96. The van der Waals surface area contributed by atoms with E-state index in [1.807, 2.05) is 25.3 Å². The molecule has 0 aliphatic heterocycles. The molecule has 3 aromatic rings. The number of hydrogen-bond acceptors (Lipinski definition) is 5. The van der Waals surface area contributed by atoms with Crippen LogP contribution in [0.1, 0.15) is 22.7 Å². The Balaban J connectivity index is 1.64. The van der Waals surface area contributed by atoms with Crippen molar-refractivity contribution in [2.45, 2.75) is 26.8 Å². The Bertz CT molecular complexity index is 715. The fraction of sp³-hybridized carbons (Fsp3) is 0.250. The summed E-state index contributed by atoms with van der Waals surface area (Å²) in [5.41, 5.74) is 3.02. The first kappa shape index (κ1) is 13.8. The number of rotatable bonds is 5. The molecule has 0 unspecified atom stereocenters. The smallest absolute Gasteiger partial charge is 0.191 e. The van der Waals surface area contributed by atoms with Gasteiger partial charge < -0.3 is 9.73 Å².